The Morgan fingerprint density at radius 3 is 2.63 bits per heavy atom. The number of pyridine rings is 1. The zero-order valence-corrected chi connectivity index (χ0v) is 15.5. The summed E-state index contributed by atoms with van der Waals surface area (Å²) >= 11 is 12.1. The van der Waals surface area contributed by atoms with Crippen molar-refractivity contribution in [2.24, 2.45) is 0 Å². The van der Waals surface area contributed by atoms with Gasteiger partial charge in [-0.1, -0.05) is 41.4 Å². The Labute approximate surface area is 165 Å². The van der Waals surface area contributed by atoms with E-state index in [0.29, 0.717) is 32.6 Å². The van der Waals surface area contributed by atoms with Crippen LogP contribution in [0, 0.1) is 5.82 Å². The molecule has 1 aromatic heterocycles. The van der Waals surface area contributed by atoms with Crippen molar-refractivity contribution in [1.82, 2.24) is 4.98 Å². The summed E-state index contributed by atoms with van der Waals surface area (Å²) in [6.45, 7) is -0.00105. The minimum atomic E-state index is -1.11. The lowest BCUT2D eigenvalue weighted by atomic mass is 10.1. The number of aromatic nitrogens is 1. The van der Waals surface area contributed by atoms with Crippen LogP contribution in [0.3, 0.4) is 0 Å². The van der Waals surface area contributed by atoms with Gasteiger partial charge in [0.1, 0.15) is 23.9 Å². The molecule has 2 aromatic carbocycles. The van der Waals surface area contributed by atoms with Crippen molar-refractivity contribution in [3.05, 3.63) is 93.0 Å². The molecule has 27 heavy (non-hydrogen) atoms. The molecule has 0 unspecified atom stereocenters. The van der Waals surface area contributed by atoms with Crippen LogP contribution in [0.25, 0.3) is 0 Å². The summed E-state index contributed by atoms with van der Waals surface area (Å²) in [5, 5.41) is 9.84. The van der Waals surface area contributed by atoms with Gasteiger partial charge in [0.15, 0.2) is 0 Å². The second kappa shape index (κ2) is 8.37. The smallest absolute Gasteiger partial charge is 0.354 e. The Kier molecular flexibility index (Phi) is 5.94. The molecule has 1 N–H and O–H groups in total. The van der Waals surface area contributed by atoms with Crippen LogP contribution in [0.5, 0.6) is 5.75 Å². The third kappa shape index (κ3) is 4.76. The highest BCUT2D eigenvalue weighted by molar-refractivity contribution is 6.31. The number of carbonyl (C=O) groups is 1. The summed E-state index contributed by atoms with van der Waals surface area (Å²) in [5.74, 6) is -1.09. The maximum absolute atomic E-state index is 13.9. The van der Waals surface area contributed by atoms with Gasteiger partial charge in [-0.25, -0.2) is 14.2 Å². The molecule has 3 rings (SSSR count). The summed E-state index contributed by atoms with van der Waals surface area (Å²) < 4.78 is 19.7. The van der Waals surface area contributed by atoms with Gasteiger partial charge in [-0.05, 0) is 36.4 Å². The summed E-state index contributed by atoms with van der Waals surface area (Å²) in [4.78, 5) is 15.2. The first-order chi connectivity index (χ1) is 12.9. The highest BCUT2D eigenvalue weighted by Gasteiger charge is 2.13. The normalized spacial score (nSPS) is 10.6. The number of aromatic carboxylic acids is 1. The van der Waals surface area contributed by atoms with Crippen molar-refractivity contribution in [2.45, 2.75) is 13.0 Å². The standard InChI is InChI=1S/C20H14Cl2FNO3/c21-13-8-7-12(17(23)9-13)11-27-19-6-2-4-16(22)15(19)10-14-3-1-5-18(24-14)20(25)26/h1-9H,10-11H2,(H,25,26). The molecule has 138 valence electrons. The molecule has 0 aliphatic heterocycles. The molecule has 1 heterocycles. The summed E-state index contributed by atoms with van der Waals surface area (Å²) in [7, 11) is 0. The van der Waals surface area contributed by atoms with Crippen molar-refractivity contribution in [3.8, 4) is 5.75 Å². The lowest BCUT2D eigenvalue weighted by Gasteiger charge is -2.13. The predicted molar refractivity (Wildman–Crippen MR) is 101 cm³/mol. The van der Waals surface area contributed by atoms with E-state index in [9.17, 15) is 9.18 Å². The van der Waals surface area contributed by atoms with Crippen LogP contribution in [0.15, 0.2) is 54.6 Å². The zero-order valence-electron chi connectivity index (χ0n) is 14.0. The van der Waals surface area contributed by atoms with Crippen molar-refractivity contribution < 1.29 is 19.0 Å². The predicted octanol–water partition coefficient (Wildman–Crippen LogP) is 5.40. The van der Waals surface area contributed by atoms with Crippen LogP contribution in [0.4, 0.5) is 4.39 Å². The first-order valence-electron chi connectivity index (χ1n) is 7.97. The molecule has 0 aliphatic rings. The molecule has 4 nitrogen and oxygen atoms in total. The lowest BCUT2D eigenvalue weighted by molar-refractivity contribution is 0.0690. The van der Waals surface area contributed by atoms with E-state index in [0.717, 1.165) is 0 Å². The molecule has 7 heteroatoms. The third-order valence-electron chi connectivity index (χ3n) is 3.86. The number of carboxylic acids is 1. The molecule has 0 saturated heterocycles. The fraction of sp³-hybridized carbons (Fsp3) is 0.100. The molecule has 0 amide bonds. The average Bonchev–Trinajstić information content (AvgIpc) is 2.63. The maximum atomic E-state index is 13.9. The summed E-state index contributed by atoms with van der Waals surface area (Å²) in [6, 6.07) is 14.2. The van der Waals surface area contributed by atoms with Gasteiger partial charge < -0.3 is 9.84 Å². The fourth-order valence-electron chi connectivity index (χ4n) is 2.52. The number of carboxylic acid groups (broad SMARTS) is 1. The van der Waals surface area contributed by atoms with Gasteiger partial charge in [0.05, 0.1) is 0 Å². The van der Waals surface area contributed by atoms with E-state index < -0.39 is 11.8 Å². The Bertz CT molecular complexity index is 995. The first kappa shape index (κ1) is 19.1. The molecule has 0 fully saturated rings. The van der Waals surface area contributed by atoms with Crippen molar-refractivity contribution in [2.75, 3.05) is 0 Å². The maximum Gasteiger partial charge on any atom is 0.354 e. The van der Waals surface area contributed by atoms with Gasteiger partial charge in [-0.15, -0.1) is 0 Å². The van der Waals surface area contributed by atoms with Crippen LogP contribution in [0.2, 0.25) is 10.0 Å². The van der Waals surface area contributed by atoms with Gasteiger partial charge in [-0.2, -0.15) is 0 Å². The van der Waals surface area contributed by atoms with E-state index in [1.807, 2.05) is 0 Å². The molecule has 0 saturated carbocycles. The molecule has 0 radical (unpaired) electrons. The number of halogens is 3. The quantitative estimate of drug-likeness (QED) is 0.596. The van der Waals surface area contributed by atoms with Crippen LogP contribution in [-0.2, 0) is 13.0 Å². The Morgan fingerprint density at radius 1 is 1.11 bits per heavy atom. The Hall–Kier alpha value is -2.63. The van der Waals surface area contributed by atoms with Crippen molar-refractivity contribution in [1.29, 1.82) is 0 Å². The van der Waals surface area contributed by atoms with E-state index in [4.69, 9.17) is 33.0 Å². The van der Waals surface area contributed by atoms with Gasteiger partial charge in [0, 0.05) is 33.3 Å². The largest absolute Gasteiger partial charge is 0.488 e. The minimum Gasteiger partial charge on any atom is -0.488 e. The number of benzene rings is 2. The van der Waals surface area contributed by atoms with Crippen molar-refractivity contribution in [3.63, 3.8) is 0 Å². The number of nitrogens with zero attached hydrogens (tertiary/aromatic N) is 1. The van der Waals surface area contributed by atoms with E-state index in [-0.39, 0.29) is 18.7 Å². The second-order valence-electron chi connectivity index (χ2n) is 5.74. The highest BCUT2D eigenvalue weighted by Crippen LogP contribution is 2.29. The number of hydrogen-bond acceptors (Lipinski definition) is 3. The van der Waals surface area contributed by atoms with Gasteiger partial charge in [0.25, 0.3) is 0 Å². The Morgan fingerprint density at radius 2 is 1.89 bits per heavy atom. The lowest BCUT2D eigenvalue weighted by Crippen LogP contribution is -2.05. The summed E-state index contributed by atoms with van der Waals surface area (Å²) in [5.41, 5.74) is 1.48. The third-order valence-corrected chi connectivity index (χ3v) is 4.45. The molecule has 0 aliphatic carbocycles. The first-order valence-corrected chi connectivity index (χ1v) is 8.73. The average molecular weight is 406 g/mol. The van der Waals surface area contributed by atoms with Crippen LogP contribution >= 0.6 is 23.2 Å². The van der Waals surface area contributed by atoms with E-state index in [1.165, 1.54) is 12.1 Å². The SMILES string of the molecule is O=C(O)c1cccc(Cc2c(Cl)cccc2OCc2ccc(Cl)cc2F)n1. The van der Waals surface area contributed by atoms with E-state index in [1.54, 1.807) is 42.5 Å². The van der Waals surface area contributed by atoms with E-state index in [2.05, 4.69) is 4.98 Å². The van der Waals surface area contributed by atoms with Gasteiger partial charge in [0.2, 0.25) is 0 Å². The summed E-state index contributed by atoms with van der Waals surface area (Å²) in [6.07, 6.45) is 0.277. The van der Waals surface area contributed by atoms with Crippen LogP contribution in [-0.4, -0.2) is 16.1 Å². The Balaban J connectivity index is 1.84. The number of rotatable bonds is 6. The monoisotopic (exact) mass is 405 g/mol. The molecular weight excluding hydrogens is 392 g/mol. The zero-order chi connectivity index (χ0) is 19.4. The van der Waals surface area contributed by atoms with Gasteiger partial charge >= 0.3 is 5.97 Å². The number of hydrogen-bond donors (Lipinski definition) is 1. The molecule has 0 spiro atoms. The number of ether oxygens (including phenoxy) is 1. The molecule has 0 bridgehead atoms. The van der Waals surface area contributed by atoms with E-state index >= 15 is 0 Å². The minimum absolute atomic E-state index is 0.00105. The van der Waals surface area contributed by atoms with Crippen LogP contribution < -0.4 is 4.74 Å². The fourth-order valence-corrected chi connectivity index (χ4v) is 2.91. The molecular formula is C20H14Cl2FNO3. The van der Waals surface area contributed by atoms with Crippen LogP contribution in [0.1, 0.15) is 27.3 Å². The molecule has 3 aromatic rings. The van der Waals surface area contributed by atoms with Crippen molar-refractivity contribution >= 4 is 29.2 Å². The highest BCUT2D eigenvalue weighted by atomic mass is 35.5. The molecule has 0 atom stereocenters. The topological polar surface area (TPSA) is 59.4 Å². The second-order valence-corrected chi connectivity index (χ2v) is 6.58. The van der Waals surface area contributed by atoms with Gasteiger partial charge in [-0.3, -0.25) is 0 Å².